The molecule has 1 N–H and O–H groups in total. The van der Waals surface area contributed by atoms with Crippen molar-refractivity contribution in [1.82, 2.24) is 10.3 Å². The number of nitriles is 1. The Labute approximate surface area is 114 Å². The second-order valence-corrected chi connectivity index (χ2v) is 6.44. The van der Waals surface area contributed by atoms with Crippen LogP contribution in [0.4, 0.5) is 0 Å². The third-order valence-corrected chi connectivity index (χ3v) is 4.35. The normalized spacial score (nSPS) is 13.3. The molecule has 1 heterocycles. The third-order valence-electron chi connectivity index (χ3n) is 3.02. The van der Waals surface area contributed by atoms with Gasteiger partial charge < -0.3 is 5.32 Å². The molecule has 4 heteroatoms. The molecule has 0 amide bonds. The van der Waals surface area contributed by atoms with Crippen LogP contribution in [0.3, 0.4) is 0 Å². The van der Waals surface area contributed by atoms with Crippen molar-refractivity contribution in [2.75, 3.05) is 6.54 Å². The average Bonchev–Trinajstić information content (AvgIpc) is 2.83. The summed E-state index contributed by atoms with van der Waals surface area (Å²) in [6.45, 7) is 9.22. The van der Waals surface area contributed by atoms with Gasteiger partial charge in [0.05, 0.1) is 17.5 Å². The van der Waals surface area contributed by atoms with Gasteiger partial charge in [-0.05, 0) is 46.6 Å². The Kier molecular flexibility index (Phi) is 5.77. The first-order valence-corrected chi connectivity index (χ1v) is 7.39. The highest BCUT2D eigenvalue weighted by Gasteiger charge is 2.16. The van der Waals surface area contributed by atoms with Crippen molar-refractivity contribution in [2.24, 2.45) is 5.41 Å². The van der Waals surface area contributed by atoms with Crippen LogP contribution in [0.15, 0.2) is 6.20 Å². The Bertz CT molecular complexity index is 403. The van der Waals surface area contributed by atoms with Crippen molar-refractivity contribution in [3.63, 3.8) is 0 Å². The van der Waals surface area contributed by atoms with Gasteiger partial charge in [-0.3, -0.25) is 0 Å². The van der Waals surface area contributed by atoms with Crippen LogP contribution >= 0.6 is 11.3 Å². The second kappa shape index (κ2) is 6.86. The number of thiazole rings is 1. The predicted molar refractivity (Wildman–Crippen MR) is 76.5 cm³/mol. The molecule has 1 atom stereocenters. The number of hydrogen-bond donors (Lipinski definition) is 1. The van der Waals surface area contributed by atoms with Gasteiger partial charge in [-0.2, -0.15) is 5.26 Å². The molecule has 0 aromatic carbocycles. The van der Waals surface area contributed by atoms with Crippen LogP contribution in [0.1, 0.15) is 56.5 Å². The minimum atomic E-state index is -0.207. The second-order valence-electron chi connectivity index (χ2n) is 5.29. The zero-order valence-corrected chi connectivity index (χ0v) is 12.6. The van der Waals surface area contributed by atoms with Crippen LogP contribution < -0.4 is 5.32 Å². The molecular formula is C14H23N3S. The van der Waals surface area contributed by atoms with Gasteiger partial charge >= 0.3 is 0 Å². The smallest absolute Gasteiger partial charge is 0.109 e. The Balaban J connectivity index is 2.29. The number of hydrogen-bond acceptors (Lipinski definition) is 4. The lowest BCUT2D eigenvalue weighted by Gasteiger charge is -2.16. The first kappa shape index (κ1) is 15.1. The van der Waals surface area contributed by atoms with E-state index in [0.29, 0.717) is 6.04 Å². The SMILES string of the molecule is CCc1cnc(C(C)NCCCC(C)(C)C#N)s1. The summed E-state index contributed by atoms with van der Waals surface area (Å²) in [5.41, 5.74) is -0.207. The maximum atomic E-state index is 8.93. The first-order chi connectivity index (χ1) is 8.48. The Hall–Kier alpha value is -0.920. The minimum absolute atomic E-state index is 0.207. The summed E-state index contributed by atoms with van der Waals surface area (Å²) >= 11 is 1.78. The highest BCUT2D eigenvalue weighted by atomic mass is 32.1. The van der Waals surface area contributed by atoms with Gasteiger partial charge in [-0.15, -0.1) is 11.3 Å². The van der Waals surface area contributed by atoms with Crippen LogP contribution in [-0.4, -0.2) is 11.5 Å². The van der Waals surface area contributed by atoms with E-state index in [1.807, 2.05) is 20.0 Å². The van der Waals surface area contributed by atoms with Gasteiger partial charge in [0.1, 0.15) is 5.01 Å². The highest BCUT2D eigenvalue weighted by molar-refractivity contribution is 7.11. The molecule has 18 heavy (non-hydrogen) atoms. The zero-order valence-electron chi connectivity index (χ0n) is 11.8. The van der Waals surface area contributed by atoms with Crippen molar-refractivity contribution in [1.29, 1.82) is 5.26 Å². The van der Waals surface area contributed by atoms with Crippen molar-refractivity contribution >= 4 is 11.3 Å². The number of nitrogens with zero attached hydrogens (tertiary/aromatic N) is 2. The number of aromatic nitrogens is 1. The molecule has 100 valence electrons. The largest absolute Gasteiger partial charge is 0.308 e. The van der Waals surface area contributed by atoms with Crippen LogP contribution in [0.5, 0.6) is 0 Å². The van der Waals surface area contributed by atoms with Crippen molar-refractivity contribution in [3.05, 3.63) is 16.1 Å². The molecule has 0 spiro atoms. The molecule has 1 aromatic rings. The Morgan fingerprint density at radius 3 is 2.83 bits per heavy atom. The van der Waals surface area contributed by atoms with E-state index in [0.717, 1.165) is 30.8 Å². The van der Waals surface area contributed by atoms with Crippen LogP contribution in [0, 0.1) is 16.7 Å². The third kappa shape index (κ3) is 4.75. The van der Waals surface area contributed by atoms with E-state index < -0.39 is 0 Å². The van der Waals surface area contributed by atoms with E-state index in [4.69, 9.17) is 5.26 Å². The molecule has 0 saturated heterocycles. The van der Waals surface area contributed by atoms with Crippen molar-refractivity contribution in [2.45, 2.75) is 53.0 Å². The summed E-state index contributed by atoms with van der Waals surface area (Å²) in [5, 5.41) is 13.6. The number of aryl methyl sites for hydroxylation is 1. The summed E-state index contributed by atoms with van der Waals surface area (Å²) in [4.78, 5) is 5.77. The Morgan fingerprint density at radius 1 is 1.56 bits per heavy atom. The van der Waals surface area contributed by atoms with Crippen LogP contribution in [-0.2, 0) is 6.42 Å². The van der Waals surface area contributed by atoms with E-state index in [1.54, 1.807) is 11.3 Å². The van der Waals surface area contributed by atoms with E-state index in [-0.39, 0.29) is 5.41 Å². The molecule has 0 saturated carbocycles. The maximum Gasteiger partial charge on any atom is 0.109 e. The summed E-state index contributed by atoms with van der Waals surface area (Å²) in [6.07, 6.45) is 4.98. The fourth-order valence-electron chi connectivity index (χ4n) is 1.68. The molecule has 0 aliphatic carbocycles. The zero-order chi connectivity index (χ0) is 13.6. The minimum Gasteiger partial charge on any atom is -0.308 e. The molecule has 0 radical (unpaired) electrons. The van der Waals surface area contributed by atoms with E-state index in [9.17, 15) is 0 Å². The maximum absolute atomic E-state index is 8.93. The van der Waals surface area contributed by atoms with E-state index in [2.05, 4.69) is 30.2 Å². The molecule has 1 rings (SSSR count). The first-order valence-electron chi connectivity index (χ1n) is 6.57. The molecular weight excluding hydrogens is 242 g/mol. The standard InChI is InChI=1S/C14H23N3S/c1-5-12-9-17-13(18-12)11(2)16-8-6-7-14(3,4)10-15/h9,11,16H,5-8H2,1-4H3. The van der Waals surface area contributed by atoms with Crippen LogP contribution in [0.2, 0.25) is 0 Å². The Morgan fingerprint density at radius 2 is 2.28 bits per heavy atom. The molecule has 0 fully saturated rings. The van der Waals surface area contributed by atoms with Gasteiger partial charge in [0.15, 0.2) is 0 Å². The summed E-state index contributed by atoms with van der Waals surface area (Å²) in [7, 11) is 0. The lowest BCUT2D eigenvalue weighted by atomic mass is 9.90. The number of nitrogens with one attached hydrogen (secondary N) is 1. The van der Waals surface area contributed by atoms with Gasteiger partial charge in [0.25, 0.3) is 0 Å². The molecule has 3 nitrogen and oxygen atoms in total. The lowest BCUT2D eigenvalue weighted by molar-refractivity contribution is 0.417. The molecule has 0 bridgehead atoms. The van der Waals surface area contributed by atoms with E-state index in [1.165, 1.54) is 4.88 Å². The van der Waals surface area contributed by atoms with Gasteiger partial charge in [-0.1, -0.05) is 6.92 Å². The molecule has 0 aliphatic heterocycles. The topological polar surface area (TPSA) is 48.7 Å². The van der Waals surface area contributed by atoms with Crippen molar-refractivity contribution < 1.29 is 0 Å². The predicted octanol–water partition coefficient (Wildman–Crippen LogP) is 3.69. The lowest BCUT2D eigenvalue weighted by Crippen LogP contribution is -2.21. The highest BCUT2D eigenvalue weighted by Crippen LogP contribution is 2.22. The summed E-state index contributed by atoms with van der Waals surface area (Å²) in [6, 6.07) is 2.64. The van der Waals surface area contributed by atoms with Crippen LogP contribution in [0.25, 0.3) is 0 Å². The molecule has 1 aromatic heterocycles. The van der Waals surface area contributed by atoms with E-state index >= 15 is 0 Å². The monoisotopic (exact) mass is 265 g/mol. The molecule has 0 aliphatic rings. The molecule has 1 unspecified atom stereocenters. The summed E-state index contributed by atoms with van der Waals surface area (Å²) in [5.74, 6) is 0. The fourth-order valence-corrected chi connectivity index (χ4v) is 2.56. The summed E-state index contributed by atoms with van der Waals surface area (Å²) < 4.78 is 0. The number of rotatable bonds is 7. The average molecular weight is 265 g/mol. The van der Waals surface area contributed by atoms with Gasteiger partial charge in [0, 0.05) is 11.1 Å². The van der Waals surface area contributed by atoms with Gasteiger partial charge in [-0.25, -0.2) is 4.98 Å². The fraction of sp³-hybridized carbons (Fsp3) is 0.714. The quantitative estimate of drug-likeness (QED) is 0.765. The van der Waals surface area contributed by atoms with Gasteiger partial charge in [0.2, 0.25) is 0 Å². The van der Waals surface area contributed by atoms with Crippen molar-refractivity contribution in [3.8, 4) is 6.07 Å².